The number of imide groups is 1. The van der Waals surface area contributed by atoms with Crippen molar-refractivity contribution >= 4 is 11.9 Å². The fourth-order valence-electron chi connectivity index (χ4n) is 3.54. The van der Waals surface area contributed by atoms with Gasteiger partial charge in [-0.05, 0) is 24.6 Å². The van der Waals surface area contributed by atoms with Crippen LogP contribution in [0.15, 0.2) is 48.5 Å². The Labute approximate surface area is 151 Å². The summed E-state index contributed by atoms with van der Waals surface area (Å²) < 4.78 is 11.4. The van der Waals surface area contributed by atoms with Crippen molar-refractivity contribution in [3.63, 3.8) is 0 Å². The average molecular weight is 352 g/mol. The summed E-state index contributed by atoms with van der Waals surface area (Å²) in [7, 11) is 0. The predicted octanol–water partition coefficient (Wildman–Crippen LogP) is 2.60. The van der Waals surface area contributed by atoms with Crippen LogP contribution in [0, 0.1) is 6.92 Å². The van der Waals surface area contributed by atoms with Gasteiger partial charge in [0.05, 0.1) is 13.2 Å². The molecule has 1 atom stereocenters. The fraction of sp³-hybridized carbons (Fsp3) is 0.300. The van der Waals surface area contributed by atoms with Crippen molar-refractivity contribution in [2.45, 2.75) is 18.9 Å². The molecule has 1 saturated heterocycles. The second kappa shape index (κ2) is 6.37. The van der Waals surface area contributed by atoms with Gasteiger partial charge in [0, 0.05) is 12.0 Å². The van der Waals surface area contributed by atoms with Crippen molar-refractivity contribution in [1.29, 1.82) is 0 Å². The van der Waals surface area contributed by atoms with Crippen LogP contribution in [0.1, 0.15) is 17.5 Å². The summed E-state index contributed by atoms with van der Waals surface area (Å²) in [6, 6.07) is 14.6. The molecule has 0 saturated carbocycles. The van der Waals surface area contributed by atoms with E-state index in [-0.39, 0.29) is 25.1 Å². The van der Waals surface area contributed by atoms with E-state index in [0.717, 1.165) is 11.3 Å². The van der Waals surface area contributed by atoms with Crippen LogP contribution in [0.3, 0.4) is 0 Å². The highest BCUT2D eigenvalue weighted by Gasteiger charge is 2.54. The Bertz CT molecular complexity index is 866. The maximum absolute atomic E-state index is 13.1. The zero-order valence-electron chi connectivity index (χ0n) is 14.5. The highest BCUT2D eigenvalue weighted by Crippen LogP contribution is 2.40. The van der Waals surface area contributed by atoms with Crippen molar-refractivity contribution in [3.8, 4) is 11.5 Å². The number of para-hydroxylation sites is 2. The third kappa shape index (κ3) is 2.58. The van der Waals surface area contributed by atoms with Gasteiger partial charge in [-0.25, -0.2) is 4.79 Å². The van der Waals surface area contributed by atoms with Crippen LogP contribution in [-0.2, 0) is 10.3 Å². The molecule has 0 aromatic heterocycles. The summed E-state index contributed by atoms with van der Waals surface area (Å²) >= 11 is 0. The van der Waals surface area contributed by atoms with Crippen molar-refractivity contribution in [1.82, 2.24) is 10.2 Å². The number of amides is 3. The monoisotopic (exact) mass is 352 g/mol. The number of nitrogens with zero attached hydrogens (tertiary/aromatic N) is 1. The van der Waals surface area contributed by atoms with Crippen LogP contribution >= 0.6 is 0 Å². The van der Waals surface area contributed by atoms with Crippen molar-refractivity contribution in [3.05, 3.63) is 59.7 Å². The smallest absolute Gasteiger partial charge is 0.325 e. The number of ether oxygens (including phenoxy) is 2. The number of hydrogen-bond acceptors (Lipinski definition) is 4. The fourth-order valence-corrected chi connectivity index (χ4v) is 3.54. The quantitative estimate of drug-likeness (QED) is 0.859. The van der Waals surface area contributed by atoms with Gasteiger partial charge >= 0.3 is 6.03 Å². The molecular weight excluding hydrogens is 332 g/mol. The van der Waals surface area contributed by atoms with E-state index in [0.29, 0.717) is 24.3 Å². The van der Waals surface area contributed by atoms with Gasteiger partial charge in [0.2, 0.25) is 0 Å². The number of urea groups is 1. The molecule has 1 fully saturated rings. The van der Waals surface area contributed by atoms with E-state index in [4.69, 9.17) is 9.47 Å². The minimum absolute atomic E-state index is 0.198. The first-order chi connectivity index (χ1) is 12.6. The first-order valence-corrected chi connectivity index (χ1v) is 8.67. The zero-order valence-corrected chi connectivity index (χ0v) is 14.5. The highest BCUT2D eigenvalue weighted by atomic mass is 16.5. The number of hydrogen-bond donors (Lipinski definition) is 1. The maximum Gasteiger partial charge on any atom is 0.325 e. The van der Waals surface area contributed by atoms with Crippen LogP contribution in [0.25, 0.3) is 0 Å². The lowest BCUT2D eigenvalue weighted by molar-refractivity contribution is -0.132. The SMILES string of the molecule is Cc1ccccc1OCCN1C(=O)N[C@@]2(CCOc3ccccc32)C1=O. The molecular formula is C20H20N2O4. The van der Waals surface area contributed by atoms with Crippen molar-refractivity contribution in [2.24, 2.45) is 0 Å². The molecule has 0 unspecified atom stereocenters. The number of aryl methyl sites for hydroxylation is 1. The molecule has 26 heavy (non-hydrogen) atoms. The molecule has 2 heterocycles. The molecule has 6 heteroatoms. The number of fused-ring (bicyclic) bond motifs is 2. The van der Waals surface area contributed by atoms with E-state index in [1.54, 1.807) is 0 Å². The normalized spacial score (nSPS) is 21.3. The second-order valence-corrected chi connectivity index (χ2v) is 6.50. The van der Waals surface area contributed by atoms with Gasteiger partial charge in [0.1, 0.15) is 18.1 Å². The van der Waals surface area contributed by atoms with Gasteiger partial charge in [0.15, 0.2) is 5.54 Å². The summed E-state index contributed by atoms with van der Waals surface area (Å²) in [5.74, 6) is 1.16. The topological polar surface area (TPSA) is 67.9 Å². The van der Waals surface area contributed by atoms with Crippen LogP contribution in [0.2, 0.25) is 0 Å². The molecule has 0 radical (unpaired) electrons. The Morgan fingerprint density at radius 2 is 1.92 bits per heavy atom. The third-order valence-electron chi connectivity index (χ3n) is 4.92. The molecule has 3 amide bonds. The predicted molar refractivity (Wildman–Crippen MR) is 95.2 cm³/mol. The van der Waals surface area contributed by atoms with Gasteiger partial charge < -0.3 is 14.8 Å². The van der Waals surface area contributed by atoms with Gasteiger partial charge in [-0.3, -0.25) is 9.69 Å². The molecule has 1 spiro atoms. The Balaban J connectivity index is 1.51. The van der Waals surface area contributed by atoms with E-state index in [1.165, 1.54) is 4.90 Å². The number of carbonyl (C=O) groups is 2. The zero-order chi connectivity index (χ0) is 18.1. The van der Waals surface area contributed by atoms with Crippen LogP contribution in [0.5, 0.6) is 11.5 Å². The average Bonchev–Trinajstić information content (AvgIpc) is 2.88. The number of nitrogens with one attached hydrogen (secondary N) is 1. The summed E-state index contributed by atoms with van der Waals surface area (Å²) in [6.45, 7) is 2.79. The number of benzene rings is 2. The lowest BCUT2D eigenvalue weighted by atomic mass is 9.84. The Hall–Kier alpha value is -3.02. The van der Waals surface area contributed by atoms with Gasteiger partial charge in [-0.1, -0.05) is 36.4 Å². The van der Waals surface area contributed by atoms with Gasteiger partial charge in [-0.15, -0.1) is 0 Å². The molecule has 2 aliphatic heterocycles. The third-order valence-corrected chi connectivity index (χ3v) is 4.92. The summed E-state index contributed by atoms with van der Waals surface area (Å²) in [6.07, 6.45) is 0.420. The summed E-state index contributed by atoms with van der Waals surface area (Å²) in [5, 5.41) is 2.89. The van der Waals surface area contributed by atoms with E-state index in [1.807, 2.05) is 55.5 Å². The first-order valence-electron chi connectivity index (χ1n) is 8.67. The van der Waals surface area contributed by atoms with Crippen LogP contribution < -0.4 is 14.8 Å². The number of rotatable bonds is 4. The highest BCUT2D eigenvalue weighted by molar-refractivity contribution is 6.07. The number of carbonyl (C=O) groups excluding carboxylic acids is 2. The maximum atomic E-state index is 13.1. The second-order valence-electron chi connectivity index (χ2n) is 6.50. The van der Waals surface area contributed by atoms with Crippen molar-refractivity contribution < 1.29 is 19.1 Å². The molecule has 2 aromatic rings. The molecule has 1 N–H and O–H groups in total. The van der Waals surface area contributed by atoms with E-state index >= 15 is 0 Å². The molecule has 2 aliphatic rings. The van der Waals surface area contributed by atoms with Gasteiger partial charge in [0.25, 0.3) is 5.91 Å². The molecule has 0 bridgehead atoms. The standard InChI is InChI=1S/C20H20N2O4/c1-14-6-2-4-8-16(14)26-13-11-22-18(23)20(21-19(22)24)10-12-25-17-9-5-3-7-15(17)20/h2-9H,10-13H2,1H3,(H,21,24)/t20-/m1/s1. The Morgan fingerprint density at radius 3 is 2.77 bits per heavy atom. The first kappa shape index (κ1) is 16.4. The molecule has 6 nitrogen and oxygen atoms in total. The summed E-state index contributed by atoms with van der Waals surface area (Å²) in [4.78, 5) is 26.8. The Kier molecular flexibility index (Phi) is 4.03. The minimum Gasteiger partial charge on any atom is -0.493 e. The van der Waals surface area contributed by atoms with Gasteiger partial charge in [-0.2, -0.15) is 0 Å². The molecule has 0 aliphatic carbocycles. The lowest BCUT2D eigenvalue weighted by Gasteiger charge is -2.33. The van der Waals surface area contributed by atoms with Crippen molar-refractivity contribution in [2.75, 3.05) is 19.8 Å². The van der Waals surface area contributed by atoms with Crippen LogP contribution in [-0.4, -0.2) is 36.6 Å². The van der Waals surface area contributed by atoms with E-state index < -0.39 is 5.54 Å². The molecule has 2 aromatic carbocycles. The molecule has 4 rings (SSSR count). The van der Waals surface area contributed by atoms with Crippen LogP contribution in [0.4, 0.5) is 4.79 Å². The Morgan fingerprint density at radius 1 is 1.15 bits per heavy atom. The lowest BCUT2D eigenvalue weighted by Crippen LogP contribution is -2.47. The minimum atomic E-state index is -1.03. The summed E-state index contributed by atoms with van der Waals surface area (Å²) in [5.41, 5.74) is 0.695. The molecule has 134 valence electrons. The largest absolute Gasteiger partial charge is 0.493 e. The van der Waals surface area contributed by atoms with E-state index in [2.05, 4.69) is 5.32 Å². The van der Waals surface area contributed by atoms with E-state index in [9.17, 15) is 9.59 Å².